The Hall–Kier alpha value is -1.30. The van der Waals surface area contributed by atoms with E-state index in [-0.39, 0.29) is 6.04 Å². The van der Waals surface area contributed by atoms with E-state index in [9.17, 15) is 10.2 Å². The summed E-state index contributed by atoms with van der Waals surface area (Å²) in [5.74, 6) is 0.735. The third kappa shape index (κ3) is 2.29. The second-order valence-corrected chi connectivity index (χ2v) is 4.72. The molecule has 1 saturated heterocycles. The van der Waals surface area contributed by atoms with Gasteiger partial charge in [-0.2, -0.15) is 0 Å². The monoisotopic (exact) mass is 252 g/mol. The molecule has 2 unspecified atom stereocenters. The summed E-state index contributed by atoms with van der Waals surface area (Å²) in [6.45, 7) is 2.71. The number of benzene rings is 1. The molecule has 0 aromatic heterocycles. The summed E-state index contributed by atoms with van der Waals surface area (Å²) in [6, 6.07) is 5.51. The summed E-state index contributed by atoms with van der Waals surface area (Å²) in [7, 11) is 1.61. The van der Waals surface area contributed by atoms with Crippen molar-refractivity contribution in [2.24, 2.45) is 5.73 Å². The Morgan fingerprint density at radius 1 is 1.33 bits per heavy atom. The molecule has 5 heteroatoms. The molecule has 1 heterocycles. The molecule has 4 N–H and O–H groups in total. The van der Waals surface area contributed by atoms with E-state index >= 15 is 0 Å². The van der Waals surface area contributed by atoms with Crippen LogP contribution in [0.15, 0.2) is 18.2 Å². The normalized spacial score (nSPS) is 25.3. The summed E-state index contributed by atoms with van der Waals surface area (Å²) in [6.07, 6.45) is -1.42. The highest BCUT2D eigenvalue weighted by Crippen LogP contribution is 2.35. The molecule has 0 spiro atoms. The number of hydrogen-bond donors (Lipinski definition) is 3. The SMILES string of the molecule is COc1cccc(N2CC(O)C(O)C2)c1[C@@H](C)N. The van der Waals surface area contributed by atoms with Crippen molar-refractivity contribution in [3.05, 3.63) is 23.8 Å². The minimum absolute atomic E-state index is 0.175. The standard InChI is InChI=1S/C13H20N2O3/c1-8(14)13-9(4-3-5-12(13)18-2)15-6-10(16)11(17)7-15/h3-5,8,10-11,16-17H,6-7,14H2,1-2H3/t8-,10?,11?/m1/s1. The number of nitrogens with two attached hydrogens (primary N) is 1. The third-order valence-electron chi connectivity index (χ3n) is 3.32. The van der Waals surface area contributed by atoms with Crippen LogP contribution in [-0.2, 0) is 0 Å². The molecular weight excluding hydrogens is 232 g/mol. The van der Waals surface area contributed by atoms with Crippen molar-refractivity contribution < 1.29 is 14.9 Å². The van der Waals surface area contributed by atoms with Crippen LogP contribution in [-0.4, -0.2) is 42.6 Å². The van der Waals surface area contributed by atoms with Crippen LogP contribution in [0, 0.1) is 0 Å². The molecule has 1 aromatic rings. The van der Waals surface area contributed by atoms with Crippen LogP contribution < -0.4 is 15.4 Å². The summed E-state index contributed by atoms with van der Waals surface area (Å²) in [5, 5.41) is 19.3. The van der Waals surface area contributed by atoms with Gasteiger partial charge >= 0.3 is 0 Å². The van der Waals surface area contributed by atoms with Crippen molar-refractivity contribution in [1.29, 1.82) is 0 Å². The predicted octanol–water partition coefficient (Wildman–Crippen LogP) is 0.257. The number of hydrogen-bond acceptors (Lipinski definition) is 5. The highest BCUT2D eigenvalue weighted by atomic mass is 16.5. The fourth-order valence-electron chi connectivity index (χ4n) is 2.41. The van der Waals surface area contributed by atoms with Gasteiger partial charge < -0.3 is 25.6 Å². The van der Waals surface area contributed by atoms with E-state index in [0.717, 1.165) is 17.0 Å². The molecule has 0 aliphatic carbocycles. The molecule has 0 saturated carbocycles. The number of rotatable bonds is 3. The minimum atomic E-state index is -0.711. The molecule has 1 fully saturated rings. The lowest BCUT2D eigenvalue weighted by atomic mass is 10.0. The summed E-state index contributed by atoms with van der Waals surface area (Å²) < 4.78 is 5.33. The molecule has 1 aliphatic rings. The lowest BCUT2D eigenvalue weighted by molar-refractivity contribution is 0.0572. The molecule has 100 valence electrons. The molecule has 0 radical (unpaired) electrons. The zero-order chi connectivity index (χ0) is 13.3. The highest BCUT2D eigenvalue weighted by molar-refractivity contribution is 5.61. The average molecular weight is 252 g/mol. The Kier molecular flexibility index (Phi) is 3.75. The van der Waals surface area contributed by atoms with Gasteiger partial charge in [0.05, 0.1) is 19.3 Å². The Balaban J connectivity index is 2.38. The molecule has 0 amide bonds. The second-order valence-electron chi connectivity index (χ2n) is 4.72. The van der Waals surface area contributed by atoms with Gasteiger partial charge in [0.1, 0.15) is 5.75 Å². The first-order valence-corrected chi connectivity index (χ1v) is 6.08. The van der Waals surface area contributed by atoms with E-state index in [2.05, 4.69) is 0 Å². The van der Waals surface area contributed by atoms with Gasteiger partial charge in [0.15, 0.2) is 0 Å². The zero-order valence-electron chi connectivity index (χ0n) is 10.7. The predicted molar refractivity (Wildman–Crippen MR) is 69.8 cm³/mol. The first-order chi connectivity index (χ1) is 8.54. The minimum Gasteiger partial charge on any atom is -0.496 e. The second kappa shape index (κ2) is 5.14. The van der Waals surface area contributed by atoms with Crippen LogP contribution in [0.1, 0.15) is 18.5 Å². The average Bonchev–Trinajstić information content (AvgIpc) is 2.68. The number of aliphatic hydroxyl groups is 2. The van der Waals surface area contributed by atoms with Crippen molar-refractivity contribution in [3.8, 4) is 5.75 Å². The van der Waals surface area contributed by atoms with Crippen LogP contribution in [0.25, 0.3) is 0 Å². The first-order valence-electron chi connectivity index (χ1n) is 6.08. The Morgan fingerprint density at radius 3 is 2.44 bits per heavy atom. The van der Waals surface area contributed by atoms with Crippen molar-refractivity contribution in [2.45, 2.75) is 25.2 Å². The topological polar surface area (TPSA) is 79.0 Å². The van der Waals surface area contributed by atoms with Gasteiger partial charge in [0.25, 0.3) is 0 Å². The summed E-state index contributed by atoms with van der Waals surface area (Å²) in [5.41, 5.74) is 7.82. The molecule has 2 rings (SSSR count). The fraction of sp³-hybridized carbons (Fsp3) is 0.538. The van der Waals surface area contributed by atoms with Crippen molar-refractivity contribution in [3.63, 3.8) is 0 Å². The van der Waals surface area contributed by atoms with E-state index in [1.807, 2.05) is 30.0 Å². The van der Waals surface area contributed by atoms with Gasteiger partial charge in [-0.3, -0.25) is 0 Å². The molecule has 1 aliphatic heterocycles. The van der Waals surface area contributed by atoms with E-state index in [0.29, 0.717) is 13.1 Å². The first kappa shape index (κ1) is 13.1. The lowest BCUT2D eigenvalue weighted by Crippen LogP contribution is -2.24. The fourth-order valence-corrected chi connectivity index (χ4v) is 2.41. The third-order valence-corrected chi connectivity index (χ3v) is 3.32. The largest absolute Gasteiger partial charge is 0.496 e. The van der Waals surface area contributed by atoms with Gasteiger partial charge in [-0.25, -0.2) is 0 Å². The molecule has 1 aromatic carbocycles. The van der Waals surface area contributed by atoms with Crippen molar-refractivity contribution in [1.82, 2.24) is 0 Å². The van der Waals surface area contributed by atoms with Gasteiger partial charge in [-0.1, -0.05) is 6.07 Å². The molecule has 18 heavy (non-hydrogen) atoms. The maximum Gasteiger partial charge on any atom is 0.125 e. The highest BCUT2D eigenvalue weighted by Gasteiger charge is 2.31. The van der Waals surface area contributed by atoms with E-state index in [1.54, 1.807) is 7.11 Å². The van der Waals surface area contributed by atoms with Crippen LogP contribution in [0.4, 0.5) is 5.69 Å². The Morgan fingerprint density at radius 2 is 1.94 bits per heavy atom. The summed E-state index contributed by atoms with van der Waals surface area (Å²) >= 11 is 0. The molecular formula is C13H20N2O3. The number of methoxy groups -OCH3 is 1. The Bertz CT molecular complexity index is 413. The smallest absolute Gasteiger partial charge is 0.125 e. The molecule has 0 bridgehead atoms. The van der Waals surface area contributed by atoms with E-state index < -0.39 is 12.2 Å². The number of nitrogens with zero attached hydrogens (tertiary/aromatic N) is 1. The van der Waals surface area contributed by atoms with Crippen molar-refractivity contribution in [2.75, 3.05) is 25.1 Å². The maximum absolute atomic E-state index is 9.63. The van der Waals surface area contributed by atoms with Crippen molar-refractivity contribution >= 4 is 5.69 Å². The number of aliphatic hydroxyl groups excluding tert-OH is 2. The van der Waals surface area contributed by atoms with Crippen LogP contribution >= 0.6 is 0 Å². The van der Waals surface area contributed by atoms with Gasteiger partial charge in [-0.15, -0.1) is 0 Å². The number of anilines is 1. The zero-order valence-corrected chi connectivity index (χ0v) is 10.7. The van der Waals surface area contributed by atoms with E-state index in [4.69, 9.17) is 10.5 Å². The molecule has 3 atom stereocenters. The summed E-state index contributed by atoms with van der Waals surface area (Å²) in [4.78, 5) is 1.94. The number of β-amino-alcohol motifs (C(OH)–C–C–N with tert-alkyl or cyclic N) is 2. The van der Waals surface area contributed by atoms with Crippen LogP contribution in [0.5, 0.6) is 5.75 Å². The van der Waals surface area contributed by atoms with Crippen LogP contribution in [0.3, 0.4) is 0 Å². The van der Waals surface area contributed by atoms with Gasteiger partial charge in [-0.05, 0) is 19.1 Å². The van der Waals surface area contributed by atoms with Crippen LogP contribution in [0.2, 0.25) is 0 Å². The molecule has 5 nitrogen and oxygen atoms in total. The lowest BCUT2D eigenvalue weighted by Gasteiger charge is -2.24. The quantitative estimate of drug-likeness (QED) is 0.719. The van der Waals surface area contributed by atoms with E-state index in [1.165, 1.54) is 0 Å². The maximum atomic E-state index is 9.63. The van der Waals surface area contributed by atoms with Gasteiger partial charge in [0.2, 0.25) is 0 Å². The Labute approximate surface area is 107 Å². The van der Waals surface area contributed by atoms with Gasteiger partial charge in [0, 0.05) is 30.4 Å². The number of ether oxygens (including phenoxy) is 1.